The molecule has 4 heteroatoms. The second-order valence-electron chi connectivity index (χ2n) is 4.45. The molecule has 1 aromatic heterocycles. The molecule has 17 heavy (non-hydrogen) atoms. The zero-order valence-corrected chi connectivity index (χ0v) is 11.0. The van der Waals surface area contributed by atoms with E-state index in [2.05, 4.69) is 40.7 Å². The lowest BCUT2D eigenvalue weighted by Crippen LogP contribution is -2.07. The van der Waals surface area contributed by atoms with E-state index in [4.69, 9.17) is 0 Å². The lowest BCUT2D eigenvalue weighted by molar-refractivity contribution is 0.688. The van der Waals surface area contributed by atoms with Gasteiger partial charge < -0.3 is 5.32 Å². The molecule has 1 N–H and O–H groups in total. The topological polar surface area (TPSA) is 37.8 Å². The first kappa shape index (κ1) is 12.0. The molecule has 0 unspecified atom stereocenters. The van der Waals surface area contributed by atoms with Gasteiger partial charge in [-0.25, -0.2) is 4.98 Å². The molecular weight excluding hydrogens is 230 g/mol. The van der Waals surface area contributed by atoms with Gasteiger partial charge in [-0.3, -0.25) is 0 Å². The van der Waals surface area contributed by atoms with E-state index in [-0.39, 0.29) is 0 Å². The van der Waals surface area contributed by atoms with Gasteiger partial charge in [-0.05, 0) is 11.5 Å². The minimum Gasteiger partial charge on any atom is -0.360 e. The van der Waals surface area contributed by atoms with Crippen LogP contribution in [0.3, 0.4) is 0 Å². The molecule has 0 atom stereocenters. The lowest BCUT2D eigenvalue weighted by atomic mass is 10.1. The summed E-state index contributed by atoms with van der Waals surface area (Å²) in [6.07, 6.45) is 0.806. The predicted molar refractivity (Wildman–Crippen MR) is 72.5 cm³/mol. The van der Waals surface area contributed by atoms with Crippen LogP contribution >= 0.6 is 11.5 Å². The third kappa shape index (κ3) is 3.82. The highest BCUT2D eigenvalue weighted by molar-refractivity contribution is 7.09. The summed E-state index contributed by atoms with van der Waals surface area (Å²) in [4.78, 5) is 4.47. The molecule has 0 spiro atoms. The van der Waals surface area contributed by atoms with Gasteiger partial charge in [0.1, 0.15) is 5.82 Å². The van der Waals surface area contributed by atoms with Gasteiger partial charge in [-0.1, -0.05) is 44.2 Å². The van der Waals surface area contributed by atoms with Crippen LogP contribution < -0.4 is 5.32 Å². The Hall–Kier alpha value is -1.42. The second kappa shape index (κ2) is 5.77. The Bertz CT molecular complexity index is 451. The zero-order valence-electron chi connectivity index (χ0n) is 10.2. The Morgan fingerprint density at radius 3 is 2.71 bits per heavy atom. The van der Waals surface area contributed by atoms with Crippen molar-refractivity contribution in [1.29, 1.82) is 0 Å². The molecule has 0 radical (unpaired) electrons. The Morgan fingerprint density at radius 2 is 2.00 bits per heavy atom. The van der Waals surface area contributed by atoms with E-state index < -0.39 is 0 Å². The average Bonchev–Trinajstić information content (AvgIpc) is 2.75. The fourth-order valence-electron chi connectivity index (χ4n) is 1.47. The highest BCUT2D eigenvalue weighted by atomic mass is 32.1. The van der Waals surface area contributed by atoms with Crippen LogP contribution in [-0.4, -0.2) is 15.9 Å². The summed E-state index contributed by atoms with van der Waals surface area (Å²) in [5.41, 5.74) is 1.25. The smallest absolute Gasteiger partial charge is 0.202 e. The van der Waals surface area contributed by atoms with Gasteiger partial charge in [-0.15, -0.1) is 0 Å². The Kier molecular flexibility index (Phi) is 4.09. The largest absolute Gasteiger partial charge is 0.360 e. The third-order valence-corrected chi connectivity index (χ3v) is 3.05. The van der Waals surface area contributed by atoms with Crippen LogP contribution in [0.2, 0.25) is 0 Å². The SMILES string of the molecule is CC(C)CNc1nc(Cc2ccccc2)ns1. The third-order valence-electron chi connectivity index (χ3n) is 2.33. The van der Waals surface area contributed by atoms with Crippen LogP contribution in [0, 0.1) is 5.92 Å². The van der Waals surface area contributed by atoms with Gasteiger partial charge in [-0.2, -0.15) is 4.37 Å². The molecule has 0 saturated heterocycles. The first-order chi connectivity index (χ1) is 8.24. The van der Waals surface area contributed by atoms with E-state index >= 15 is 0 Å². The van der Waals surface area contributed by atoms with Gasteiger partial charge in [0, 0.05) is 24.5 Å². The fraction of sp³-hybridized carbons (Fsp3) is 0.385. The maximum atomic E-state index is 4.47. The molecular formula is C13H17N3S. The number of nitrogens with one attached hydrogen (secondary N) is 1. The van der Waals surface area contributed by atoms with Crippen LogP contribution in [0.1, 0.15) is 25.2 Å². The molecule has 0 aliphatic carbocycles. The van der Waals surface area contributed by atoms with E-state index in [1.54, 1.807) is 0 Å². The molecule has 0 bridgehead atoms. The summed E-state index contributed by atoms with van der Waals surface area (Å²) in [5, 5.41) is 4.22. The van der Waals surface area contributed by atoms with Gasteiger partial charge in [0.05, 0.1) is 0 Å². The fourth-order valence-corrected chi connectivity index (χ4v) is 2.06. The normalized spacial score (nSPS) is 10.8. The van der Waals surface area contributed by atoms with E-state index in [9.17, 15) is 0 Å². The Balaban J connectivity index is 1.94. The highest BCUT2D eigenvalue weighted by Gasteiger charge is 2.04. The molecule has 1 aromatic carbocycles. The molecule has 2 aromatic rings. The summed E-state index contributed by atoms with van der Waals surface area (Å²) in [5.74, 6) is 1.52. The van der Waals surface area contributed by atoms with E-state index in [1.165, 1.54) is 17.1 Å². The van der Waals surface area contributed by atoms with E-state index in [0.29, 0.717) is 5.92 Å². The quantitative estimate of drug-likeness (QED) is 0.881. The van der Waals surface area contributed by atoms with Crippen molar-refractivity contribution in [2.45, 2.75) is 20.3 Å². The lowest BCUT2D eigenvalue weighted by Gasteiger charge is -2.03. The van der Waals surface area contributed by atoms with Crippen LogP contribution in [0.4, 0.5) is 5.13 Å². The van der Waals surface area contributed by atoms with E-state index in [0.717, 1.165) is 23.9 Å². The highest BCUT2D eigenvalue weighted by Crippen LogP contribution is 2.14. The summed E-state index contributed by atoms with van der Waals surface area (Å²) >= 11 is 1.44. The molecule has 1 heterocycles. The molecule has 0 saturated carbocycles. The molecule has 3 nitrogen and oxygen atoms in total. The van der Waals surface area contributed by atoms with Crippen molar-refractivity contribution in [3.63, 3.8) is 0 Å². The maximum Gasteiger partial charge on any atom is 0.202 e. The number of nitrogens with zero attached hydrogens (tertiary/aromatic N) is 2. The van der Waals surface area contributed by atoms with Gasteiger partial charge in [0.25, 0.3) is 0 Å². The molecule has 0 amide bonds. The minimum absolute atomic E-state index is 0.622. The molecule has 0 aliphatic rings. The Labute approximate surface area is 106 Å². The second-order valence-corrected chi connectivity index (χ2v) is 5.20. The predicted octanol–water partition coefficient (Wildman–Crippen LogP) is 3.20. The number of hydrogen-bond donors (Lipinski definition) is 1. The van der Waals surface area contributed by atoms with Crippen LogP contribution in [-0.2, 0) is 6.42 Å². The summed E-state index contributed by atoms with van der Waals surface area (Å²) in [7, 11) is 0. The molecule has 0 fully saturated rings. The van der Waals surface area contributed by atoms with Gasteiger partial charge in [0.2, 0.25) is 5.13 Å². The standard InChI is InChI=1S/C13H17N3S/c1-10(2)9-14-13-15-12(16-17-13)8-11-6-4-3-5-7-11/h3-7,10H,8-9H2,1-2H3,(H,14,15,16). The summed E-state index contributed by atoms with van der Waals surface area (Å²) < 4.78 is 4.36. The average molecular weight is 247 g/mol. The van der Waals surface area contributed by atoms with Crippen molar-refractivity contribution >= 4 is 16.7 Å². The van der Waals surface area contributed by atoms with E-state index in [1.807, 2.05) is 18.2 Å². The first-order valence-electron chi connectivity index (χ1n) is 5.84. The number of rotatable bonds is 5. The monoisotopic (exact) mass is 247 g/mol. The van der Waals surface area contributed by atoms with Crippen molar-refractivity contribution in [3.8, 4) is 0 Å². The van der Waals surface area contributed by atoms with Crippen molar-refractivity contribution < 1.29 is 0 Å². The van der Waals surface area contributed by atoms with Crippen LogP contribution in [0.25, 0.3) is 0 Å². The van der Waals surface area contributed by atoms with Crippen molar-refractivity contribution in [2.24, 2.45) is 5.92 Å². The van der Waals surface area contributed by atoms with Crippen molar-refractivity contribution in [3.05, 3.63) is 41.7 Å². The van der Waals surface area contributed by atoms with Crippen molar-refractivity contribution in [2.75, 3.05) is 11.9 Å². The summed E-state index contributed by atoms with van der Waals surface area (Å²) in [6.45, 7) is 5.30. The molecule has 90 valence electrons. The first-order valence-corrected chi connectivity index (χ1v) is 6.62. The minimum atomic E-state index is 0.622. The maximum absolute atomic E-state index is 4.47. The Morgan fingerprint density at radius 1 is 1.24 bits per heavy atom. The van der Waals surface area contributed by atoms with Gasteiger partial charge in [0.15, 0.2) is 0 Å². The number of aromatic nitrogens is 2. The van der Waals surface area contributed by atoms with Crippen molar-refractivity contribution in [1.82, 2.24) is 9.36 Å². The zero-order chi connectivity index (χ0) is 12.1. The van der Waals surface area contributed by atoms with Crippen LogP contribution in [0.15, 0.2) is 30.3 Å². The molecule has 2 rings (SSSR count). The molecule has 0 aliphatic heterocycles. The summed E-state index contributed by atoms with van der Waals surface area (Å²) in [6, 6.07) is 10.3. The number of hydrogen-bond acceptors (Lipinski definition) is 4. The number of benzene rings is 1. The number of anilines is 1. The van der Waals surface area contributed by atoms with Gasteiger partial charge >= 0.3 is 0 Å². The van der Waals surface area contributed by atoms with Crippen LogP contribution in [0.5, 0.6) is 0 Å².